The summed E-state index contributed by atoms with van der Waals surface area (Å²) in [6.07, 6.45) is 0. The van der Waals surface area contributed by atoms with E-state index in [0.717, 1.165) is 23.1 Å². The summed E-state index contributed by atoms with van der Waals surface area (Å²) in [5.41, 5.74) is 2.87. The summed E-state index contributed by atoms with van der Waals surface area (Å²) in [5.74, 6) is 2.01. The highest BCUT2D eigenvalue weighted by Crippen LogP contribution is 2.34. The molecule has 7 nitrogen and oxygen atoms in total. The van der Waals surface area contributed by atoms with Crippen LogP contribution < -0.4 is 14.8 Å². The zero-order valence-corrected chi connectivity index (χ0v) is 17.3. The van der Waals surface area contributed by atoms with Crippen LogP contribution in [0.1, 0.15) is 19.4 Å². The second-order valence-electron chi connectivity index (χ2n) is 6.73. The fourth-order valence-electron chi connectivity index (χ4n) is 3.01. The van der Waals surface area contributed by atoms with Gasteiger partial charge in [0.25, 0.3) is 0 Å². The van der Waals surface area contributed by atoms with Crippen molar-refractivity contribution in [2.24, 2.45) is 0 Å². The number of ether oxygens (including phenoxy) is 2. The van der Waals surface area contributed by atoms with Crippen LogP contribution in [0.25, 0.3) is 11.4 Å². The molecule has 0 unspecified atom stereocenters. The summed E-state index contributed by atoms with van der Waals surface area (Å²) < 4.78 is 12.7. The number of aryl methyl sites for hydroxylation is 1. The van der Waals surface area contributed by atoms with Crippen molar-refractivity contribution >= 4 is 23.4 Å². The fourth-order valence-corrected chi connectivity index (χ4v) is 3.92. The summed E-state index contributed by atoms with van der Waals surface area (Å²) in [6, 6.07) is 13.5. The van der Waals surface area contributed by atoms with Crippen LogP contribution in [0.4, 0.5) is 5.69 Å². The van der Waals surface area contributed by atoms with Crippen molar-refractivity contribution in [1.29, 1.82) is 0 Å². The van der Waals surface area contributed by atoms with Crippen LogP contribution in [0.2, 0.25) is 0 Å². The van der Waals surface area contributed by atoms with Gasteiger partial charge in [-0.25, -0.2) is 0 Å². The fraction of sp³-hybridized carbons (Fsp3) is 0.286. The lowest BCUT2D eigenvalue weighted by Gasteiger charge is -2.13. The van der Waals surface area contributed by atoms with Gasteiger partial charge in [0, 0.05) is 23.9 Å². The maximum Gasteiger partial charge on any atom is 0.237 e. The minimum atomic E-state index is -0.346. The molecule has 2 aromatic carbocycles. The van der Waals surface area contributed by atoms with Gasteiger partial charge >= 0.3 is 0 Å². The zero-order valence-electron chi connectivity index (χ0n) is 16.5. The second kappa shape index (κ2) is 8.16. The van der Waals surface area contributed by atoms with Crippen molar-refractivity contribution in [2.45, 2.75) is 37.7 Å². The number of rotatable bonds is 6. The number of aromatic nitrogens is 3. The third-order valence-electron chi connectivity index (χ3n) is 4.63. The molecule has 8 heteroatoms. The predicted octanol–water partition coefficient (Wildman–Crippen LogP) is 4.12. The molecule has 1 aliphatic heterocycles. The molecule has 1 aromatic heterocycles. The van der Waals surface area contributed by atoms with Gasteiger partial charge in [-0.15, -0.1) is 10.2 Å². The van der Waals surface area contributed by atoms with Crippen molar-refractivity contribution in [2.75, 3.05) is 12.1 Å². The highest BCUT2D eigenvalue weighted by molar-refractivity contribution is 8.00. The standard InChI is InChI=1S/C21H22N4O3S/c1-4-25-19(15-7-5-13(2)6-8-15)23-24-21(25)29-14(3)20(26)22-16-9-10-17-18(11-16)28-12-27-17/h5-11,14H,4,12H2,1-3H3,(H,22,26)/t14-/m1/s1. The van der Waals surface area contributed by atoms with Crippen molar-refractivity contribution in [3.8, 4) is 22.9 Å². The molecule has 1 amide bonds. The Kier molecular flexibility index (Phi) is 5.44. The summed E-state index contributed by atoms with van der Waals surface area (Å²) >= 11 is 1.39. The molecule has 3 aromatic rings. The van der Waals surface area contributed by atoms with E-state index in [1.54, 1.807) is 18.2 Å². The molecule has 1 atom stereocenters. The van der Waals surface area contributed by atoms with Gasteiger partial charge in [0.2, 0.25) is 12.7 Å². The van der Waals surface area contributed by atoms with E-state index in [1.807, 2.05) is 30.5 Å². The molecule has 0 aliphatic carbocycles. The number of anilines is 1. The molecule has 1 aliphatic rings. The Morgan fingerprint density at radius 1 is 1.17 bits per heavy atom. The van der Waals surface area contributed by atoms with E-state index in [0.29, 0.717) is 17.2 Å². The van der Waals surface area contributed by atoms with Gasteiger partial charge < -0.3 is 19.4 Å². The quantitative estimate of drug-likeness (QED) is 0.616. The van der Waals surface area contributed by atoms with E-state index >= 15 is 0 Å². The number of amides is 1. The largest absolute Gasteiger partial charge is 0.454 e. The minimum Gasteiger partial charge on any atom is -0.454 e. The van der Waals surface area contributed by atoms with Crippen LogP contribution in [0, 0.1) is 6.92 Å². The number of nitrogens with one attached hydrogen (secondary N) is 1. The van der Waals surface area contributed by atoms with Crippen molar-refractivity contribution in [3.05, 3.63) is 48.0 Å². The van der Waals surface area contributed by atoms with Crippen LogP contribution in [-0.4, -0.2) is 32.7 Å². The van der Waals surface area contributed by atoms with Gasteiger partial charge in [-0.2, -0.15) is 0 Å². The third kappa shape index (κ3) is 4.07. The van der Waals surface area contributed by atoms with Crippen molar-refractivity contribution < 1.29 is 14.3 Å². The number of nitrogens with zero attached hydrogens (tertiary/aromatic N) is 3. The van der Waals surface area contributed by atoms with Crippen molar-refractivity contribution in [3.63, 3.8) is 0 Å². The van der Waals surface area contributed by atoms with E-state index in [2.05, 4.69) is 34.6 Å². The van der Waals surface area contributed by atoms with Crippen LogP contribution in [-0.2, 0) is 11.3 Å². The lowest BCUT2D eigenvalue weighted by molar-refractivity contribution is -0.115. The second-order valence-corrected chi connectivity index (χ2v) is 8.04. The van der Waals surface area contributed by atoms with E-state index < -0.39 is 0 Å². The van der Waals surface area contributed by atoms with Gasteiger partial charge in [0.15, 0.2) is 22.5 Å². The molecule has 0 fully saturated rings. The summed E-state index contributed by atoms with van der Waals surface area (Å²) in [5, 5.41) is 12.0. The lowest BCUT2D eigenvalue weighted by atomic mass is 10.1. The third-order valence-corrected chi connectivity index (χ3v) is 5.71. The molecule has 4 rings (SSSR count). The number of carbonyl (C=O) groups excluding carboxylic acids is 1. The number of fused-ring (bicyclic) bond motifs is 1. The number of carbonyl (C=O) groups is 1. The van der Waals surface area contributed by atoms with Gasteiger partial charge in [-0.1, -0.05) is 41.6 Å². The first-order valence-corrected chi connectivity index (χ1v) is 10.3. The van der Waals surface area contributed by atoms with E-state index in [4.69, 9.17) is 9.47 Å². The zero-order chi connectivity index (χ0) is 20.4. The Balaban J connectivity index is 1.47. The van der Waals surface area contributed by atoms with Gasteiger partial charge in [0.05, 0.1) is 5.25 Å². The molecule has 0 saturated carbocycles. The number of thioether (sulfide) groups is 1. The molecular formula is C21H22N4O3S. The molecule has 0 spiro atoms. The van der Waals surface area contributed by atoms with Gasteiger partial charge in [-0.05, 0) is 32.9 Å². The molecular weight excluding hydrogens is 388 g/mol. The Morgan fingerprint density at radius 3 is 2.69 bits per heavy atom. The van der Waals surface area contributed by atoms with E-state index in [9.17, 15) is 4.79 Å². The van der Waals surface area contributed by atoms with Crippen LogP contribution in [0.5, 0.6) is 11.5 Å². The Morgan fingerprint density at radius 2 is 1.93 bits per heavy atom. The average Bonchev–Trinajstić information content (AvgIpc) is 3.34. The molecule has 2 heterocycles. The first-order chi connectivity index (χ1) is 14.0. The Hall–Kier alpha value is -3.00. The van der Waals surface area contributed by atoms with Crippen LogP contribution in [0.15, 0.2) is 47.6 Å². The SMILES string of the molecule is CCn1c(S[C@H](C)C(=O)Nc2ccc3c(c2)OCO3)nnc1-c1ccc(C)cc1. The normalized spacial score (nSPS) is 13.3. The number of hydrogen-bond donors (Lipinski definition) is 1. The van der Waals surface area contributed by atoms with Gasteiger partial charge in [0.1, 0.15) is 0 Å². The first-order valence-electron chi connectivity index (χ1n) is 9.42. The maximum atomic E-state index is 12.7. The maximum absolute atomic E-state index is 12.7. The highest BCUT2D eigenvalue weighted by Gasteiger charge is 2.21. The van der Waals surface area contributed by atoms with Crippen LogP contribution in [0.3, 0.4) is 0 Å². The smallest absolute Gasteiger partial charge is 0.237 e. The Labute approximate surface area is 173 Å². The molecule has 1 N–H and O–H groups in total. The monoisotopic (exact) mass is 410 g/mol. The first kappa shape index (κ1) is 19.3. The molecule has 150 valence electrons. The summed E-state index contributed by atoms with van der Waals surface area (Å²) in [7, 11) is 0. The lowest BCUT2D eigenvalue weighted by Crippen LogP contribution is -2.22. The number of hydrogen-bond acceptors (Lipinski definition) is 6. The summed E-state index contributed by atoms with van der Waals surface area (Å²) in [6.45, 7) is 6.87. The predicted molar refractivity (Wildman–Crippen MR) is 112 cm³/mol. The number of benzene rings is 2. The van der Waals surface area contributed by atoms with E-state index in [1.165, 1.54) is 17.3 Å². The minimum absolute atomic E-state index is 0.114. The van der Waals surface area contributed by atoms with Gasteiger partial charge in [-0.3, -0.25) is 4.79 Å². The van der Waals surface area contributed by atoms with Crippen molar-refractivity contribution in [1.82, 2.24) is 14.8 Å². The molecule has 29 heavy (non-hydrogen) atoms. The molecule has 0 saturated heterocycles. The molecule has 0 bridgehead atoms. The topological polar surface area (TPSA) is 78.3 Å². The highest BCUT2D eigenvalue weighted by atomic mass is 32.2. The average molecular weight is 410 g/mol. The van der Waals surface area contributed by atoms with E-state index in [-0.39, 0.29) is 18.0 Å². The summed E-state index contributed by atoms with van der Waals surface area (Å²) in [4.78, 5) is 12.7. The Bertz CT molecular complexity index is 1030. The molecule has 0 radical (unpaired) electrons. The van der Waals surface area contributed by atoms with Crippen LogP contribution >= 0.6 is 11.8 Å².